The minimum Gasteiger partial charge on any atom is -0.479 e. The van der Waals surface area contributed by atoms with E-state index in [2.05, 4.69) is 40.5 Å². The van der Waals surface area contributed by atoms with Crippen molar-refractivity contribution in [2.24, 2.45) is 0 Å². The maximum atomic E-state index is 13.2. The van der Waals surface area contributed by atoms with Gasteiger partial charge in [-0.1, -0.05) is 58.5 Å². The van der Waals surface area contributed by atoms with Gasteiger partial charge in [-0.15, -0.1) is 0 Å². The average molecular weight is 1070 g/mol. The zero-order chi connectivity index (χ0) is 48.2. The van der Waals surface area contributed by atoms with E-state index in [1.54, 1.807) is 47.6 Å². The summed E-state index contributed by atoms with van der Waals surface area (Å²) in [6.45, 7) is 12.0. The lowest BCUT2D eigenvalue weighted by Crippen LogP contribution is -2.50. The van der Waals surface area contributed by atoms with Gasteiger partial charge in [0.05, 0.1) is 50.7 Å². The number of hydrogen-bond acceptors (Lipinski definition) is 10. The number of fused-ring (bicyclic) bond motifs is 4. The highest BCUT2D eigenvalue weighted by molar-refractivity contribution is 9.10. The summed E-state index contributed by atoms with van der Waals surface area (Å²) >= 11 is 29.6. The number of carbonyl (C=O) groups excluding carboxylic acids is 2. The Bertz CT molecular complexity index is 3080. The van der Waals surface area contributed by atoms with Gasteiger partial charge in [-0.3, -0.25) is 9.36 Å². The summed E-state index contributed by atoms with van der Waals surface area (Å²) in [5.74, 6) is -1.45. The monoisotopic (exact) mass is 1070 g/mol. The highest BCUT2D eigenvalue weighted by Crippen LogP contribution is 2.41. The lowest BCUT2D eigenvalue weighted by molar-refractivity contribution is -0.146. The molecule has 1 saturated heterocycles. The molecule has 1 fully saturated rings. The third-order valence-corrected chi connectivity index (χ3v) is 14.5. The first-order valence-corrected chi connectivity index (χ1v) is 24.5. The van der Waals surface area contributed by atoms with Gasteiger partial charge in [-0.05, 0) is 99.1 Å². The molecule has 2 atom stereocenters. The molecule has 1 N–H and O–H groups in total. The predicted molar refractivity (Wildman–Crippen MR) is 264 cm³/mol. The number of ether oxygens (including phenoxy) is 2. The standard InChI is InChI=1S/C32H36Cl2N6O4.C15H11BrCl2N4O2/c1-5-43-30(41)29(28-25-7-6-12-39(25)19-35-28)40-18-23-24(33)17-22(26(34)27(23)36-40)20-8-10-21(11-9-20)37-13-15-38(16-14-37)31(42)44-32(2,3)4;16-8-4-9(17)7-5-22(20-12(7)11(8)18)14(15(23)24)13-10-2-1-3-21(10)6-19-13/h8-11,17-19,29H,5-7,12-16H2,1-4H3;4-6,14H,1-3H2,(H,23,24)/t29-;14-/m11/s1. The van der Waals surface area contributed by atoms with Crippen molar-refractivity contribution < 1.29 is 29.0 Å². The summed E-state index contributed by atoms with van der Waals surface area (Å²) in [5.41, 5.74) is 6.24. The number of aliphatic carboxylic acids is 1. The van der Waals surface area contributed by atoms with Gasteiger partial charge in [0, 0.05) is 89.5 Å². The van der Waals surface area contributed by atoms with Crippen LogP contribution in [0.15, 0.2) is 65.9 Å². The minimum atomic E-state index is -1.03. The van der Waals surface area contributed by atoms with Crippen molar-refractivity contribution in [1.82, 2.24) is 43.6 Å². The molecule has 16 nitrogen and oxygen atoms in total. The van der Waals surface area contributed by atoms with Crippen LogP contribution < -0.4 is 4.90 Å². The van der Waals surface area contributed by atoms with Crippen molar-refractivity contribution in [1.29, 1.82) is 0 Å². The number of benzene rings is 3. The summed E-state index contributed by atoms with van der Waals surface area (Å²) in [6.07, 6.45) is 10.2. The number of esters is 1. The number of anilines is 1. The van der Waals surface area contributed by atoms with Crippen LogP contribution >= 0.6 is 62.3 Å². The number of aryl methyl sites for hydroxylation is 2. The van der Waals surface area contributed by atoms with E-state index in [1.165, 1.54) is 4.68 Å². The van der Waals surface area contributed by atoms with Gasteiger partial charge in [0.15, 0.2) is 12.1 Å². The molecule has 7 heterocycles. The second kappa shape index (κ2) is 19.2. The Morgan fingerprint density at radius 2 is 1.31 bits per heavy atom. The van der Waals surface area contributed by atoms with E-state index in [-0.39, 0.29) is 12.7 Å². The van der Waals surface area contributed by atoms with Crippen LogP contribution in [0.25, 0.3) is 32.9 Å². The van der Waals surface area contributed by atoms with Crippen molar-refractivity contribution in [3.05, 3.63) is 109 Å². The van der Waals surface area contributed by atoms with Gasteiger partial charge in [0.2, 0.25) is 0 Å². The Balaban J connectivity index is 0.000000202. The quantitative estimate of drug-likeness (QED) is 0.108. The summed E-state index contributed by atoms with van der Waals surface area (Å²) < 4.78 is 18.6. The molecule has 10 rings (SSSR count). The van der Waals surface area contributed by atoms with E-state index in [9.17, 15) is 19.5 Å². The highest BCUT2D eigenvalue weighted by Gasteiger charge is 2.34. The third kappa shape index (κ3) is 9.27. The Hall–Kier alpha value is -5.33. The Morgan fingerprint density at radius 1 is 0.765 bits per heavy atom. The number of piperazine rings is 1. The SMILES string of the molecule is CCOC(=O)[C@@H](c1ncn2c1CCC2)n1cc2c(Cl)cc(-c3ccc(N4CCN(C(=O)OC(C)(C)C)CC4)cc3)c(Cl)c2n1.O=C(O)[C@@H](c1ncn2c1CCC2)n1cc2c(Cl)cc(Br)c(Cl)c2n1. The van der Waals surface area contributed by atoms with Crippen molar-refractivity contribution >= 4 is 108 Å². The number of nitrogens with zero attached hydrogens (tertiary/aromatic N) is 10. The number of amides is 1. The number of halogens is 5. The van der Waals surface area contributed by atoms with Gasteiger partial charge in [-0.2, -0.15) is 10.2 Å². The molecule has 21 heteroatoms. The molecule has 68 heavy (non-hydrogen) atoms. The second-order valence-electron chi connectivity index (χ2n) is 17.8. The molecular formula is C47H47BrCl4N10O6. The van der Waals surface area contributed by atoms with Crippen molar-refractivity contribution in [3.8, 4) is 11.1 Å². The summed E-state index contributed by atoms with van der Waals surface area (Å²) in [5, 5.41) is 21.9. The zero-order valence-electron chi connectivity index (χ0n) is 37.6. The lowest BCUT2D eigenvalue weighted by Gasteiger charge is -2.36. The molecule has 0 saturated carbocycles. The van der Waals surface area contributed by atoms with Crippen LogP contribution in [-0.2, 0) is 45.0 Å². The number of aromatic nitrogens is 8. The van der Waals surface area contributed by atoms with E-state index >= 15 is 0 Å². The number of carboxylic acid groups (broad SMARTS) is 1. The smallest absolute Gasteiger partial charge is 0.410 e. The zero-order valence-corrected chi connectivity index (χ0v) is 42.2. The molecule has 0 aliphatic carbocycles. The van der Waals surface area contributed by atoms with Crippen LogP contribution in [-0.4, -0.2) is 105 Å². The average Bonchev–Trinajstić information content (AvgIpc) is 4.16. The van der Waals surface area contributed by atoms with Crippen LogP contribution in [0.1, 0.15) is 75.4 Å². The van der Waals surface area contributed by atoms with E-state index < -0.39 is 29.6 Å². The number of carboxylic acids is 1. The number of imidazole rings is 2. The molecule has 3 aliphatic heterocycles. The molecule has 0 unspecified atom stereocenters. The van der Waals surface area contributed by atoms with Crippen molar-refractivity contribution in [3.63, 3.8) is 0 Å². The molecule has 356 valence electrons. The molecule has 1 amide bonds. The Labute approximate surface area is 419 Å². The molecule has 0 radical (unpaired) electrons. The number of hydrogen-bond donors (Lipinski definition) is 1. The van der Waals surface area contributed by atoms with Gasteiger partial charge in [0.25, 0.3) is 0 Å². The summed E-state index contributed by atoms with van der Waals surface area (Å²) in [4.78, 5) is 50.5. The van der Waals surface area contributed by atoms with Gasteiger partial charge < -0.3 is 33.5 Å². The molecule has 0 bridgehead atoms. The fraction of sp³-hybridized carbons (Fsp3) is 0.383. The highest BCUT2D eigenvalue weighted by atomic mass is 79.9. The topological polar surface area (TPSA) is 168 Å². The maximum Gasteiger partial charge on any atom is 0.410 e. The minimum absolute atomic E-state index is 0.243. The number of rotatable bonds is 9. The normalized spacial score (nSPS) is 15.5. The molecule has 7 aromatic rings. The van der Waals surface area contributed by atoms with Gasteiger partial charge in [-0.25, -0.2) is 24.4 Å². The summed E-state index contributed by atoms with van der Waals surface area (Å²) in [6, 6.07) is 9.74. The van der Waals surface area contributed by atoms with Crippen LogP contribution in [0.4, 0.5) is 10.5 Å². The van der Waals surface area contributed by atoms with Crippen LogP contribution in [0.5, 0.6) is 0 Å². The maximum absolute atomic E-state index is 13.2. The molecule has 3 aromatic carbocycles. The lowest BCUT2D eigenvalue weighted by atomic mass is 10.0. The van der Waals surface area contributed by atoms with E-state index in [4.69, 9.17) is 61.0 Å². The first-order valence-electron chi connectivity index (χ1n) is 22.2. The fourth-order valence-corrected chi connectivity index (χ4v) is 10.5. The molecule has 4 aromatic heterocycles. The molecule has 0 spiro atoms. The van der Waals surface area contributed by atoms with Gasteiger partial charge >= 0.3 is 18.0 Å². The Morgan fingerprint density at radius 3 is 1.87 bits per heavy atom. The first kappa shape index (κ1) is 47.7. The molecular weight excluding hydrogens is 1020 g/mol. The predicted octanol–water partition coefficient (Wildman–Crippen LogP) is 10.3. The van der Waals surface area contributed by atoms with Crippen molar-refractivity contribution in [2.75, 3.05) is 37.7 Å². The van der Waals surface area contributed by atoms with E-state index in [0.717, 1.165) is 67.0 Å². The Kier molecular flexibility index (Phi) is 13.5. The van der Waals surface area contributed by atoms with Crippen LogP contribution in [0.2, 0.25) is 20.1 Å². The van der Waals surface area contributed by atoms with Crippen LogP contribution in [0.3, 0.4) is 0 Å². The second-order valence-corrected chi connectivity index (χ2v) is 20.2. The van der Waals surface area contributed by atoms with Crippen molar-refractivity contribution in [2.45, 2.75) is 84.2 Å². The number of carbonyl (C=O) groups is 3. The van der Waals surface area contributed by atoms with Gasteiger partial charge in [0.1, 0.15) is 16.6 Å². The fourth-order valence-electron chi connectivity index (χ4n) is 9.01. The van der Waals surface area contributed by atoms with Crippen LogP contribution in [0, 0.1) is 0 Å². The molecule has 3 aliphatic rings. The largest absolute Gasteiger partial charge is 0.479 e. The summed E-state index contributed by atoms with van der Waals surface area (Å²) in [7, 11) is 0. The first-order chi connectivity index (χ1) is 32.5. The van der Waals surface area contributed by atoms with E-state index in [1.807, 2.05) is 55.7 Å². The van der Waals surface area contributed by atoms with E-state index in [0.29, 0.717) is 83.9 Å². The third-order valence-electron chi connectivity index (χ3n) is 12.2.